The highest BCUT2D eigenvalue weighted by Crippen LogP contribution is 2.29. The van der Waals surface area contributed by atoms with Crippen molar-refractivity contribution < 1.29 is 4.79 Å². The molecule has 0 aliphatic rings. The fourth-order valence-corrected chi connectivity index (χ4v) is 3.41. The molecular weight excluding hydrogens is 448 g/mol. The van der Waals surface area contributed by atoms with Gasteiger partial charge in [-0.05, 0) is 69.2 Å². The maximum absolute atomic E-state index is 12.0. The average Bonchev–Trinajstić information content (AvgIpc) is 2.73. The molecule has 6 heteroatoms. The molecule has 2 aromatic rings. The van der Waals surface area contributed by atoms with E-state index in [1.807, 2.05) is 24.4 Å². The van der Waals surface area contributed by atoms with Gasteiger partial charge in [-0.1, -0.05) is 11.6 Å². The molecule has 0 saturated carbocycles. The predicted octanol–water partition coefficient (Wildman–Crippen LogP) is 5.33. The zero-order valence-corrected chi connectivity index (χ0v) is 14.6. The zero-order chi connectivity index (χ0) is 13.3. The van der Waals surface area contributed by atoms with Crippen molar-refractivity contribution in [3.8, 4) is 0 Å². The molecule has 2 rings (SSSR count). The van der Waals surface area contributed by atoms with E-state index in [4.69, 9.17) is 11.6 Å². The summed E-state index contributed by atoms with van der Waals surface area (Å²) in [5, 5.41) is 5.31. The summed E-state index contributed by atoms with van der Waals surface area (Å²) in [7, 11) is 0. The van der Waals surface area contributed by atoms with E-state index in [1.165, 1.54) is 0 Å². The molecular formula is C12H8BrClINOS. The van der Waals surface area contributed by atoms with Gasteiger partial charge in [0, 0.05) is 14.9 Å². The molecule has 1 N–H and O–H groups in total. The summed E-state index contributed by atoms with van der Waals surface area (Å²) in [4.78, 5) is 12.0. The molecule has 2 nitrogen and oxygen atoms in total. The highest BCUT2D eigenvalue weighted by Gasteiger charge is 2.11. The smallest absolute Gasteiger partial charge is 0.256 e. The van der Waals surface area contributed by atoms with Gasteiger partial charge in [-0.15, -0.1) is 11.3 Å². The number of carbonyl (C=O) groups excluding carboxylic acids is 1. The van der Waals surface area contributed by atoms with Crippen LogP contribution in [-0.2, 0) is 0 Å². The minimum Gasteiger partial charge on any atom is -0.321 e. The van der Waals surface area contributed by atoms with Crippen molar-refractivity contribution >= 4 is 73.1 Å². The van der Waals surface area contributed by atoms with Crippen LogP contribution >= 0.6 is 61.5 Å². The van der Waals surface area contributed by atoms with Crippen molar-refractivity contribution in [3.05, 3.63) is 47.1 Å². The summed E-state index contributed by atoms with van der Waals surface area (Å²) in [6, 6.07) is 5.48. The molecule has 0 fully saturated rings. The van der Waals surface area contributed by atoms with E-state index in [0.29, 0.717) is 16.3 Å². The van der Waals surface area contributed by atoms with Crippen molar-refractivity contribution in [1.29, 1.82) is 0 Å². The molecule has 0 spiro atoms. The van der Waals surface area contributed by atoms with E-state index >= 15 is 0 Å². The fraction of sp³-hybridized carbons (Fsp3) is 0.0833. The van der Waals surface area contributed by atoms with Crippen LogP contribution in [0.3, 0.4) is 0 Å². The minimum atomic E-state index is -0.130. The van der Waals surface area contributed by atoms with E-state index in [9.17, 15) is 4.79 Å². The van der Waals surface area contributed by atoms with Crippen molar-refractivity contribution in [2.75, 3.05) is 5.32 Å². The fourth-order valence-electron chi connectivity index (χ4n) is 1.37. The third kappa shape index (κ3) is 3.26. The van der Waals surface area contributed by atoms with Gasteiger partial charge in [-0.2, -0.15) is 0 Å². The lowest BCUT2D eigenvalue weighted by Crippen LogP contribution is -2.11. The molecule has 18 heavy (non-hydrogen) atoms. The first-order chi connectivity index (χ1) is 8.47. The van der Waals surface area contributed by atoms with Gasteiger partial charge in [-0.3, -0.25) is 4.79 Å². The topological polar surface area (TPSA) is 29.1 Å². The van der Waals surface area contributed by atoms with E-state index < -0.39 is 0 Å². The lowest BCUT2D eigenvalue weighted by molar-refractivity contribution is 0.102. The highest BCUT2D eigenvalue weighted by molar-refractivity contribution is 14.1. The Labute approximate surface area is 136 Å². The Morgan fingerprint density at radius 3 is 2.78 bits per heavy atom. The molecule has 1 amide bonds. The molecule has 94 valence electrons. The van der Waals surface area contributed by atoms with Gasteiger partial charge in [-0.25, -0.2) is 0 Å². The Morgan fingerprint density at radius 2 is 2.17 bits per heavy atom. The SMILES string of the molecule is Cc1cc(Br)c(NC(=O)c2csc(I)c2)cc1Cl. The number of hydrogen-bond donors (Lipinski definition) is 1. The molecule has 0 radical (unpaired) electrons. The number of thiophene rings is 1. The Balaban J connectivity index is 2.24. The largest absolute Gasteiger partial charge is 0.321 e. The average molecular weight is 457 g/mol. The molecule has 1 aromatic heterocycles. The van der Waals surface area contributed by atoms with Crippen LogP contribution in [0.2, 0.25) is 5.02 Å². The van der Waals surface area contributed by atoms with Gasteiger partial charge < -0.3 is 5.32 Å². The van der Waals surface area contributed by atoms with Crippen molar-refractivity contribution in [2.24, 2.45) is 0 Å². The Kier molecular flexibility index (Phi) is 4.69. The number of amides is 1. The van der Waals surface area contributed by atoms with Crippen LogP contribution in [0.25, 0.3) is 0 Å². The standard InChI is InChI=1S/C12H8BrClINOS/c1-6-2-8(13)10(4-9(6)14)16-12(17)7-3-11(15)18-5-7/h2-5H,1H3,(H,16,17). The van der Waals surface area contributed by atoms with Crippen LogP contribution < -0.4 is 5.32 Å². The van der Waals surface area contributed by atoms with Gasteiger partial charge in [0.2, 0.25) is 0 Å². The van der Waals surface area contributed by atoms with Gasteiger partial charge in [0.05, 0.1) is 14.1 Å². The lowest BCUT2D eigenvalue weighted by atomic mass is 10.2. The number of carbonyl (C=O) groups is 1. The maximum atomic E-state index is 12.0. The summed E-state index contributed by atoms with van der Waals surface area (Å²) in [5.41, 5.74) is 2.30. The quantitative estimate of drug-likeness (QED) is 0.608. The third-order valence-electron chi connectivity index (χ3n) is 2.33. The summed E-state index contributed by atoms with van der Waals surface area (Å²) in [6.45, 7) is 1.92. The molecule has 0 saturated heterocycles. The number of halogens is 3. The number of nitrogens with one attached hydrogen (secondary N) is 1. The van der Waals surface area contributed by atoms with Crippen LogP contribution in [0.15, 0.2) is 28.1 Å². The van der Waals surface area contributed by atoms with Crippen LogP contribution in [0.5, 0.6) is 0 Å². The molecule has 1 aromatic carbocycles. The van der Waals surface area contributed by atoms with Crippen LogP contribution in [0.4, 0.5) is 5.69 Å². The maximum Gasteiger partial charge on any atom is 0.256 e. The van der Waals surface area contributed by atoms with Crippen molar-refractivity contribution in [1.82, 2.24) is 0 Å². The normalized spacial score (nSPS) is 10.4. The highest BCUT2D eigenvalue weighted by atomic mass is 127. The van der Waals surface area contributed by atoms with Gasteiger partial charge in [0.15, 0.2) is 0 Å². The second-order valence-corrected chi connectivity index (χ2v) is 7.74. The first-order valence-corrected chi connectivity index (χ1v) is 8.11. The van der Waals surface area contributed by atoms with Crippen LogP contribution in [0.1, 0.15) is 15.9 Å². The van der Waals surface area contributed by atoms with E-state index in [0.717, 1.165) is 12.9 Å². The van der Waals surface area contributed by atoms with Crippen molar-refractivity contribution in [3.63, 3.8) is 0 Å². The first kappa shape index (κ1) is 14.3. The van der Waals surface area contributed by atoms with Crippen LogP contribution in [0, 0.1) is 9.81 Å². The van der Waals surface area contributed by atoms with Gasteiger partial charge in [0.1, 0.15) is 0 Å². The van der Waals surface area contributed by atoms with Crippen LogP contribution in [-0.4, -0.2) is 5.91 Å². The number of anilines is 1. The predicted molar refractivity (Wildman–Crippen MR) is 88.9 cm³/mol. The molecule has 0 unspecified atom stereocenters. The molecule has 0 aliphatic carbocycles. The second-order valence-electron chi connectivity index (χ2n) is 3.67. The van der Waals surface area contributed by atoms with Gasteiger partial charge in [0.25, 0.3) is 5.91 Å². The number of aryl methyl sites for hydroxylation is 1. The van der Waals surface area contributed by atoms with Gasteiger partial charge >= 0.3 is 0 Å². The minimum absolute atomic E-state index is 0.130. The molecule has 0 bridgehead atoms. The van der Waals surface area contributed by atoms with E-state index in [1.54, 1.807) is 17.4 Å². The summed E-state index contributed by atoms with van der Waals surface area (Å²) in [5.74, 6) is -0.130. The van der Waals surface area contributed by atoms with E-state index in [-0.39, 0.29) is 5.91 Å². The molecule has 1 heterocycles. The number of rotatable bonds is 2. The molecule has 0 atom stereocenters. The summed E-state index contributed by atoms with van der Waals surface area (Å²) >= 11 is 13.2. The van der Waals surface area contributed by atoms with E-state index in [2.05, 4.69) is 43.8 Å². The Hall–Kier alpha value is -0.110. The first-order valence-electron chi connectivity index (χ1n) is 4.98. The Morgan fingerprint density at radius 1 is 1.44 bits per heavy atom. The second kappa shape index (κ2) is 5.90. The van der Waals surface area contributed by atoms with Crippen molar-refractivity contribution in [2.45, 2.75) is 6.92 Å². The number of hydrogen-bond acceptors (Lipinski definition) is 2. The molecule has 0 aliphatic heterocycles. The number of benzene rings is 1. The Bertz CT molecular complexity index is 614. The monoisotopic (exact) mass is 455 g/mol. The summed E-state index contributed by atoms with van der Waals surface area (Å²) in [6.07, 6.45) is 0. The lowest BCUT2D eigenvalue weighted by Gasteiger charge is -2.08. The third-order valence-corrected chi connectivity index (χ3v) is 5.18. The zero-order valence-electron chi connectivity index (χ0n) is 9.26. The summed E-state index contributed by atoms with van der Waals surface area (Å²) < 4.78 is 1.90.